The zero-order chi connectivity index (χ0) is 15.4. The summed E-state index contributed by atoms with van der Waals surface area (Å²) in [5.74, 6) is 0.823. The lowest BCUT2D eigenvalue weighted by atomic mass is 9.98. The van der Waals surface area contributed by atoms with Crippen molar-refractivity contribution in [3.05, 3.63) is 24.3 Å². The van der Waals surface area contributed by atoms with Crippen LogP contribution in [0.15, 0.2) is 24.3 Å². The maximum Gasteiger partial charge on any atom is 0.225 e. The van der Waals surface area contributed by atoms with Crippen molar-refractivity contribution in [1.82, 2.24) is 10.2 Å². The first-order valence-electron chi connectivity index (χ1n) is 8.27. The fourth-order valence-electron chi connectivity index (χ4n) is 3.40. The summed E-state index contributed by atoms with van der Waals surface area (Å²) in [5.41, 5.74) is 1.03. The van der Waals surface area contributed by atoms with E-state index in [0.717, 1.165) is 64.2 Å². The molecule has 2 fully saturated rings. The van der Waals surface area contributed by atoms with Gasteiger partial charge >= 0.3 is 0 Å². The average Bonchev–Trinajstić information content (AvgIpc) is 2.84. The second kappa shape index (κ2) is 7.01. The predicted molar refractivity (Wildman–Crippen MR) is 87.1 cm³/mol. The number of anilines is 1. The number of nitrogens with one attached hydrogen (secondary N) is 1. The van der Waals surface area contributed by atoms with Crippen molar-refractivity contribution in [3.63, 3.8) is 0 Å². The van der Waals surface area contributed by atoms with Gasteiger partial charge in [0.25, 0.3) is 0 Å². The van der Waals surface area contributed by atoms with Crippen molar-refractivity contribution in [3.8, 4) is 5.75 Å². The molecule has 22 heavy (non-hydrogen) atoms. The Balaban J connectivity index is 1.55. The summed E-state index contributed by atoms with van der Waals surface area (Å²) in [6.07, 6.45) is 3.07. The molecule has 5 heteroatoms. The minimum Gasteiger partial charge on any atom is -0.508 e. The van der Waals surface area contributed by atoms with E-state index in [1.807, 2.05) is 17.0 Å². The van der Waals surface area contributed by atoms with E-state index in [1.54, 1.807) is 12.1 Å². The number of hydrogen-bond donors (Lipinski definition) is 2. The zero-order valence-electron chi connectivity index (χ0n) is 13.0. The number of aromatic hydroxyl groups is 1. The Kier molecular flexibility index (Phi) is 4.83. The Morgan fingerprint density at radius 1 is 1.14 bits per heavy atom. The van der Waals surface area contributed by atoms with Crippen LogP contribution in [0.25, 0.3) is 0 Å². The third-order valence-electron chi connectivity index (χ3n) is 4.71. The minimum atomic E-state index is 0.197. The van der Waals surface area contributed by atoms with Crippen LogP contribution in [0.4, 0.5) is 5.69 Å². The van der Waals surface area contributed by atoms with Crippen molar-refractivity contribution >= 4 is 11.6 Å². The van der Waals surface area contributed by atoms with Crippen LogP contribution in [0.1, 0.15) is 19.3 Å². The SMILES string of the molecule is O=C(C1CCCNCC1)N1CCN(c2cccc(O)c2)CC1. The van der Waals surface area contributed by atoms with Crippen LogP contribution in [-0.2, 0) is 4.79 Å². The number of phenols is 1. The Labute approximate surface area is 131 Å². The molecular weight excluding hydrogens is 278 g/mol. The molecule has 0 aliphatic carbocycles. The molecule has 1 aromatic rings. The van der Waals surface area contributed by atoms with Crippen LogP contribution in [0.5, 0.6) is 5.75 Å². The lowest BCUT2D eigenvalue weighted by Crippen LogP contribution is -2.50. The molecule has 1 unspecified atom stereocenters. The summed E-state index contributed by atoms with van der Waals surface area (Å²) in [4.78, 5) is 16.9. The van der Waals surface area contributed by atoms with Crippen LogP contribution in [0.2, 0.25) is 0 Å². The summed E-state index contributed by atoms with van der Waals surface area (Å²) < 4.78 is 0. The summed E-state index contributed by atoms with van der Waals surface area (Å²) in [6.45, 7) is 5.21. The third kappa shape index (κ3) is 3.53. The first-order valence-corrected chi connectivity index (χ1v) is 8.27. The second-order valence-corrected chi connectivity index (χ2v) is 6.21. The first-order chi connectivity index (χ1) is 10.7. The van der Waals surface area contributed by atoms with Crippen LogP contribution in [0.3, 0.4) is 0 Å². The molecule has 0 saturated carbocycles. The Morgan fingerprint density at radius 2 is 1.95 bits per heavy atom. The monoisotopic (exact) mass is 303 g/mol. The highest BCUT2D eigenvalue weighted by molar-refractivity contribution is 5.79. The van der Waals surface area contributed by atoms with Gasteiger partial charge in [0.05, 0.1) is 0 Å². The van der Waals surface area contributed by atoms with Crippen molar-refractivity contribution < 1.29 is 9.90 Å². The van der Waals surface area contributed by atoms with E-state index in [1.165, 1.54) is 0 Å². The van der Waals surface area contributed by atoms with E-state index < -0.39 is 0 Å². The number of hydrogen-bond acceptors (Lipinski definition) is 4. The molecule has 2 heterocycles. The molecule has 1 amide bonds. The Morgan fingerprint density at radius 3 is 2.73 bits per heavy atom. The van der Waals surface area contributed by atoms with E-state index in [2.05, 4.69) is 10.2 Å². The number of rotatable bonds is 2. The number of piperazine rings is 1. The number of amides is 1. The summed E-state index contributed by atoms with van der Waals surface area (Å²) >= 11 is 0. The van der Waals surface area contributed by atoms with Crippen LogP contribution in [0, 0.1) is 5.92 Å². The smallest absolute Gasteiger partial charge is 0.225 e. The van der Waals surface area contributed by atoms with Crippen molar-refractivity contribution in [1.29, 1.82) is 0 Å². The molecular formula is C17H25N3O2. The molecule has 0 radical (unpaired) electrons. The van der Waals surface area contributed by atoms with E-state index in [-0.39, 0.29) is 5.92 Å². The van der Waals surface area contributed by atoms with Crippen molar-refractivity contribution in [2.24, 2.45) is 5.92 Å². The lowest BCUT2D eigenvalue weighted by molar-refractivity contribution is -0.136. The molecule has 2 N–H and O–H groups in total. The molecule has 0 aromatic heterocycles. The number of phenolic OH excluding ortho intramolecular Hbond substituents is 1. The van der Waals surface area contributed by atoms with E-state index >= 15 is 0 Å². The van der Waals surface area contributed by atoms with Gasteiger partial charge in [-0.3, -0.25) is 4.79 Å². The van der Waals surface area contributed by atoms with Crippen LogP contribution in [-0.4, -0.2) is 55.2 Å². The third-order valence-corrected chi connectivity index (χ3v) is 4.71. The highest BCUT2D eigenvalue weighted by atomic mass is 16.3. The molecule has 0 spiro atoms. The topological polar surface area (TPSA) is 55.8 Å². The largest absolute Gasteiger partial charge is 0.508 e. The number of benzene rings is 1. The van der Waals surface area contributed by atoms with Crippen LogP contribution >= 0.6 is 0 Å². The van der Waals surface area contributed by atoms with Gasteiger partial charge in [-0.2, -0.15) is 0 Å². The normalized spacial score (nSPS) is 23.2. The van der Waals surface area contributed by atoms with Gasteiger partial charge in [0.2, 0.25) is 5.91 Å². The van der Waals surface area contributed by atoms with Gasteiger partial charge < -0.3 is 20.2 Å². The Bertz CT molecular complexity index is 504. The zero-order valence-corrected chi connectivity index (χ0v) is 13.0. The number of carbonyl (C=O) groups is 1. The van der Waals surface area contributed by atoms with Gasteiger partial charge in [-0.05, 0) is 44.5 Å². The fourth-order valence-corrected chi connectivity index (χ4v) is 3.40. The molecule has 120 valence electrons. The highest BCUT2D eigenvalue weighted by Crippen LogP contribution is 2.23. The molecule has 5 nitrogen and oxygen atoms in total. The van der Waals surface area contributed by atoms with Gasteiger partial charge in [0.1, 0.15) is 5.75 Å². The van der Waals surface area contributed by atoms with E-state index in [4.69, 9.17) is 0 Å². The van der Waals surface area contributed by atoms with Gasteiger partial charge in [-0.15, -0.1) is 0 Å². The van der Waals surface area contributed by atoms with Gasteiger partial charge in [-0.25, -0.2) is 0 Å². The average molecular weight is 303 g/mol. The quantitative estimate of drug-likeness (QED) is 0.868. The van der Waals surface area contributed by atoms with Crippen molar-refractivity contribution in [2.75, 3.05) is 44.2 Å². The number of carbonyl (C=O) groups excluding carboxylic acids is 1. The second-order valence-electron chi connectivity index (χ2n) is 6.21. The molecule has 2 saturated heterocycles. The highest BCUT2D eigenvalue weighted by Gasteiger charge is 2.27. The number of nitrogens with zero attached hydrogens (tertiary/aromatic N) is 2. The molecule has 2 aliphatic rings. The molecule has 3 rings (SSSR count). The predicted octanol–water partition coefficient (Wildman–Crippen LogP) is 1.43. The van der Waals surface area contributed by atoms with Gasteiger partial charge in [0.15, 0.2) is 0 Å². The Hall–Kier alpha value is -1.75. The molecule has 1 atom stereocenters. The first kappa shape index (κ1) is 15.2. The fraction of sp³-hybridized carbons (Fsp3) is 0.588. The molecule has 1 aromatic carbocycles. The lowest BCUT2D eigenvalue weighted by Gasteiger charge is -2.37. The summed E-state index contributed by atoms with van der Waals surface area (Å²) in [7, 11) is 0. The molecule has 0 bridgehead atoms. The van der Waals surface area contributed by atoms with Gasteiger partial charge in [-0.1, -0.05) is 6.07 Å². The van der Waals surface area contributed by atoms with E-state index in [9.17, 15) is 9.90 Å². The van der Waals surface area contributed by atoms with E-state index in [0.29, 0.717) is 11.7 Å². The van der Waals surface area contributed by atoms with Crippen molar-refractivity contribution in [2.45, 2.75) is 19.3 Å². The minimum absolute atomic E-state index is 0.197. The maximum absolute atomic E-state index is 12.6. The summed E-state index contributed by atoms with van der Waals surface area (Å²) in [6, 6.07) is 7.34. The maximum atomic E-state index is 12.6. The van der Waals surface area contributed by atoms with Gasteiger partial charge in [0, 0.05) is 43.9 Å². The standard InChI is InChI=1S/C17H25N3O2/c21-16-5-1-4-15(13-16)19-9-11-20(12-10-19)17(22)14-3-2-7-18-8-6-14/h1,4-5,13-14,18,21H,2-3,6-12H2. The molecule has 2 aliphatic heterocycles. The summed E-state index contributed by atoms with van der Waals surface area (Å²) in [5, 5.41) is 12.9. The van der Waals surface area contributed by atoms with Crippen LogP contribution < -0.4 is 10.2 Å².